The monoisotopic (exact) mass is 429 g/mol. The Morgan fingerprint density at radius 2 is 1.81 bits per heavy atom. The normalized spacial score (nSPS) is 11.9. The Labute approximate surface area is 166 Å². The van der Waals surface area contributed by atoms with Crippen LogP contribution in [-0.4, -0.2) is 10.1 Å². The van der Waals surface area contributed by atoms with Gasteiger partial charge in [0, 0.05) is 29.9 Å². The highest BCUT2D eigenvalue weighted by Gasteiger charge is 2.18. The smallest absolute Gasteiger partial charge is 0.181 e. The molecular formula is C20H17BrClN3O. The Hall–Kier alpha value is -2.21. The molecule has 26 heavy (non-hydrogen) atoms. The molecule has 0 radical (unpaired) electrons. The minimum atomic E-state index is -0.176. The molecule has 0 saturated carbocycles. The van der Waals surface area contributed by atoms with Crippen molar-refractivity contribution >= 4 is 39.3 Å². The van der Waals surface area contributed by atoms with Crippen LogP contribution in [0.15, 0.2) is 75.9 Å². The molecule has 4 aromatic rings. The van der Waals surface area contributed by atoms with Gasteiger partial charge in [-0.1, -0.05) is 41.6 Å². The van der Waals surface area contributed by atoms with E-state index in [1.807, 2.05) is 60.7 Å². The molecule has 0 amide bonds. The van der Waals surface area contributed by atoms with Gasteiger partial charge >= 0.3 is 0 Å². The summed E-state index contributed by atoms with van der Waals surface area (Å²) in [7, 11) is 0. The second-order valence-electron chi connectivity index (χ2n) is 5.87. The van der Waals surface area contributed by atoms with Gasteiger partial charge in [0.05, 0.1) is 9.86 Å². The van der Waals surface area contributed by atoms with E-state index in [1.54, 1.807) is 6.20 Å². The van der Waals surface area contributed by atoms with Crippen LogP contribution in [0, 0.1) is 0 Å². The van der Waals surface area contributed by atoms with Crippen LogP contribution >= 0.6 is 28.3 Å². The van der Waals surface area contributed by atoms with Gasteiger partial charge in [0.2, 0.25) is 0 Å². The van der Waals surface area contributed by atoms with E-state index in [0.29, 0.717) is 6.42 Å². The summed E-state index contributed by atoms with van der Waals surface area (Å²) in [4.78, 5) is 4.38. The standard InChI is InChI=1S/C20H16BrN3O.ClH/c21-17-10-5-9-16-19(24-25-20(16)17)15-8-2-1-7-14(15)18(22)12-13-6-3-4-11-23-13;/h1-11,18H,12,22H2;1H. The molecule has 2 aromatic heterocycles. The molecule has 2 heterocycles. The first kappa shape index (κ1) is 18.6. The highest BCUT2D eigenvalue weighted by Crippen LogP contribution is 2.35. The summed E-state index contributed by atoms with van der Waals surface area (Å²) >= 11 is 3.51. The number of benzene rings is 2. The fraction of sp³-hybridized carbons (Fsp3) is 0.100. The number of hydrogen-bond donors (Lipinski definition) is 1. The van der Waals surface area contributed by atoms with Crippen molar-refractivity contribution in [1.82, 2.24) is 10.1 Å². The zero-order chi connectivity index (χ0) is 17.2. The van der Waals surface area contributed by atoms with Crippen molar-refractivity contribution in [2.45, 2.75) is 12.5 Å². The van der Waals surface area contributed by atoms with E-state index in [-0.39, 0.29) is 18.4 Å². The predicted octanol–water partition coefficient (Wildman–Crippen LogP) is 5.32. The summed E-state index contributed by atoms with van der Waals surface area (Å²) in [6.07, 6.45) is 2.45. The van der Waals surface area contributed by atoms with E-state index >= 15 is 0 Å². The number of fused-ring (bicyclic) bond motifs is 1. The first-order chi connectivity index (χ1) is 12.2. The van der Waals surface area contributed by atoms with Crippen LogP contribution in [0.2, 0.25) is 0 Å². The maximum absolute atomic E-state index is 6.50. The molecule has 132 valence electrons. The fourth-order valence-electron chi connectivity index (χ4n) is 3.01. The lowest BCUT2D eigenvalue weighted by Crippen LogP contribution is -2.15. The van der Waals surface area contributed by atoms with Gasteiger partial charge in [-0.15, -0.1) is 12.4 Å². The Kier molecular flexibility index (Phi) is 5.71. The number of halogens is 2. The molecule has 1 unspecified atom stereocenters. The Bertz CT molecular complexity index is 1020. The number of rotatable bonds is 4. The molecule has 2 aromatic carbocycles. The van der Waals surface area contributed by atoms with Crippen LogP contribution in [0.3, 0.4) is 0 Å². The van der Waals surface area contributed by atoms with Crippen LogP contribution in [0.4, 0.5) is 0 Å². The summed E-state index contributed by atoms with van der Waals surface area (Å²) in [5.74, 6) is 0. The number of nitrogens with two attached hydrogens (primary N) is 1. The van der Waals surface area contributed by atoms with Crippen LogP contribution in [0.25, 0.3) is 22.2 Å². The number of hydrogen-bond acceptors (Lipinski definition) is 4. The summed E-state index contributed by atoms with van der Waals surface area (Å²) in [6, 6.07) is 19.7. The van der Waals surface area contributed by atoms with Crippen molar-refractivity contribution in [1.29, 1.82) is 0 Å². The van der Waals surface area contributed by atoms with E-state index in [1.165, 1.54) is 0 Å². The topological polar surface area (TPSA) is 64.9 Å². The van der Waals surface area contributed by atoms with Crippen LogP contribution < -0.4 is 5.73 Å². The molecule has 0 bridgehead atoms. The van der Waals surface area contributed by atoms with Crippen LogP contribution in [0.1, 0.15) is 17.3 Å². The molecule has 0 saturated heterocycles. The summed E-state index contributed by atoms with van der Waals surface area (Å²) in [5.41, 5.74) is 11.0. The molecule has 6 heteroatoms. The Morgan fingerprint density at radius 1 is 1.00 bits per heavy atom. The number of nitrogens with zero attached hydrogens (tertiary/aromatic N) is 2. The van der Waals surface area contributed by atoms with Gasteiger partial charge in [0.15, 0.2) is 5.58 Å². The molecule has 1 atom stereocenters. The van der Waals surface area contributed by atoms with Gasteiger partial charge in [-0.3, -0.25) is 4.98 Å². The number of para-hydroxylation sites is 1. The second-order valence-corrected chi connectivity index (χ2v) is 6.72. The number of pyridine rings is 1. The van der Waals surface area contributed by atoms with Crippen molar-refractivity contribution in [3.05, 3.63) is 82.6 Å². The summed E-state index contributed by atoms with van der Waals surface area (Å²) < 4.78 is 6.43. The van der Waals surface area contributed by atoms with E-state index in [2.05, 4.69) is 26.1 Å². The quantitative estimate of drug-likeness (QED) is 0.476. The largest absolute Gasteiger partial charge is 0.354 e. The highest BCUT2D eigenvalue weighted by molar-refractivity contribution is 9.10. The minimum Gasteiger partial charge on any atom is -0.354 e. The van der Waals surface area contributed by atoms with E-state index in [0.717, 1.165) is 38.0 Å². The van der Waals surface area contributed by atoms with E-state index in [9.17, 15) is 0 Å². The first-order valence-electron chi connectivity index (χ1n) is 8.02. The second kappa shape index (κ2) is 7.99. The van der Waals surface area contributed by atoms with Gasteiger partial charge in [-0.25, -0.2) is 0 Å². The van der Waals surface area contributed by atoms with Crippen LogP contribution in [0.5, 0.6) is 0 Å². The van der Waals surface area contributed by atoms with Crippen molar-refractivity contribution in [2.75, 3.05) is 0 Å². The zero-order valence-corrected chi connectivity index (χ0v) is 16.2. The van der Waals surface area contributed by atoms with E-state index in [4.69, 9.17) is 10.3 Å². The lowest BCUT2D eigenvalue weighted by Gasteiger charge is -2.15. The fourth-order valence-corrected chi connectivity index (χ4v) is 3.45. The van der Waals surface area contributed by atoms with Crippen molar-refractivity contribution in [3.8, 4) is 11.3 Å². The minimum absolute atomic E-state index is 0. The number of aromatic nitrogens is 2. The highest BCUT2D eigenvalue weighted by atomic mass is 79.9. The lowest BCUT2D eigenvalue weighted by molar-refractivity contribution is 0.458. The average Bonchev–Trinajstić information content (AvgIpc) is 3.08. The van der Waals surface area contributed by atoms with Crippen molar-refractivity contribution in [2.24, 2.45) is 5.73 Å². The summed E-state index contributed by atoms with van der Waals surface area (Å²) in [6.45, 7) is 0. The van der Waals surface area contributed by atoms with Gasteiger partial charge in [0.25, 0.3) is 0 Å². The third-order valence-electron chi connectivity index (χ3n) is 4.22. The maximum Gasteiger partial charge on any atom is 0.181 e. The molecule has 2 N–H and O–H groups in total. The Morgan fingerprint density at radius 3 is 2.62 bits per heavy atom. The molecule has 4 rings (SSSR count). The van der Waals surface area contributed by atoms with Gasteiger partial charge < -0.3 is 10.3 Å². The Balaban J connectivity index is 0.00000196. The van der Waals surface area contributed by atoms with Gasteiger partial charge in [-0.05, 0) is 45.8 Å². The first-order valence-corrected chi connectivity index (χ1v) is 8.82. The van der Waals surface area contributed by atoms with E-state index < -0.39 is 0 Å². The molecule has 0 spiro atoms. The zero-order valence-electron chi connectivity index (χ0n) is 13.8. The molecule has 0 aliphatic heterocycles. The SMILES string of the molecule is Cl.NC(Cc1ccccn1)c1ccccc1-c1noc2c(Br)cccc12. The van der Waals surface area contributed by atoms with Gasteiger partial charge in [0.1, 0.15) is 5.69 Å². The maximum atomic E-state index is 6.50. The molecule has 0 fully saturated rings. The average molecular weight is 431 g/mol. The van der Waals surface area contributed by atoms with Gasteiger partial charge in [-0.2, -0.15) is 0 Å². The van der Waals surface area contributed by atoms with Crippen LogP contribution in [-0.2, 0) is 6.42 Å². The molecule has 0 aliphatic rings. The van der Waals surface area contributed by atoms with Crippen molar-refractivity contribution in [3.63, 3.8) is 0 Å². The third kappa shape index (κ3) is 3.51. The lowest BCUT2D eigenvalue weighted by atomic mass is 9.94. The molecule has 4 nitrogen and oxygen atoms in total. The van der Waals surface area contributed by atoms with Crippen molar-refractivity contribution < 1.29 is 4.52 Å². The third-order valence-corrected chi connectivity index (χ3v) is 4.85. The predicted molar refractivity (Wildman–Crippen MR) is 109 cm³/mol. The molecule has 0 aliphatic carbocycles. The molecular weight excluding hydrogens is 414 g/mol. The summed E-state index contributed by atoms with van der Waals surface area (Å²) in [5, 5.41) is 5.26.